The van der Waals surface area contributed by atoms with E-state index in [0.29, 0.717) is 12.8 Å². The Labute approximate surface area is 166 Å². The Kier molecular flexibility index (Phi) is 9.64. The normalized spacial score (nSPS) is 31.7. The summed E-state index contributed by atoms with van der Waals surface area (Å²) in [6.07, 6.45) is 12.5. The van der Waals surface area contributed by atoms with E-state index in [2.05, 4.69) is 12.7 Å². The molecule has 2 aliphatic rings. The summed E-state index contributed by atoms with van der Waals surface area (Å²) in [5.41, 5.74) is 0.975. The van der Waals surface area contributed by atoms with Gasteiger partial charge < -0.3 is 24.8 Å². The topological polar surface area (TPSA) is 96.2 Å². The number of aliphatic hydroxyl groups is 3. The summed E-state index contributed by atoms with van der Waals surface area (Å²) in [5.74, 6) is -0.586. The first kappa shape index (κ1) is 22.6. The van der Waals surface area contributed by atoms with E-state index in [0.717, 1.165) is 31.3 Å². The van der Waals surface area contributed by atoms with Crippen LogP contribution >= 0.6 is 0 Å². The van der Waals surface area contributed by atoms with Crippen LogP contribution in [0.5, 0.6) is 0 Å². The fraction of sp³-hybridized carbons (Fsp3) is 0.591. The highest BCUT2D eigenvalue weighted by molar-refractivity contribution is 5.82. The molecule has 0 fully saturated rings. The van der Waals surface area contributed by atoms with Crippen molar-refractivity contribution in [3.8, 4) is 0 Å². The Hall–Kier alpha value is -1.73. The molecule has 0 aromatic rings. The number of carbonyl (C=O) groups excluding carboxylic acids is 1. The molecule has 6 heteroatoms. The number of hydrogen-bond donors (Lipinski definition) is 3. The van der Waals surface area contributed by atoms with Crippen molar-refractivity contribution in [3.63, 3.8) is 0 Å². The molecule has 0 radical (unpaired) electrons. The number of carbonyl (C=O) groups is 1. The van der Waals surface area contributed by atoms with Crippen LogP contribution in [0.1, 0.15) is 44.9 Å². The number of hydrogen-bond acceptors (Lipinski definition) is 6. The van der Waals surface area contributed by atoms with E-state index in [4.69, 9.17) is 9.47 Å². The molecule has 2 heterocycles. The Bertz CT molecular complexity index is 594. The highest BCUT2D eigenvalue weighted by Crippen LogP contribution is 2.22. The average Bonchev–Trinajstić information content (AvgIpc) is 2.66. The van der Waals surface area contributed by atoms with Gasteiger partial charge in [0.1, 0.15) is 12.2 Å². The van der Waals surface area contributed by atoms with E-state index in [9.17, 15) is 20.1 Å². The van der Waals surface area contributed by atoms with Crippen molar-refractivity contribution >= 4 is 5.97 Å². The molecule has 2 bridgehead atoms. The summed E-state index contributed by atoms with van der Waals surface area (Å²) in [5, 5.41) is 29.2. The van der Waals surface area contributed by atoms with Crippen LogP contribution in [-0.4, -0.2) is 58.4 Å². The maximum atomic E-state index is 12.0. The van der Waals surface area contributed by atoms with Crippen LogP contribution in [0.3, 0.4) is 0 Å². The minimum Gasteiger partial charge on any atom is -0.456 e. The summed E-state index contributed by atoms with van der Waals surface area (Å²) >= 11 is 0. The average molecular weight is 392 g/mol. The number of rotatable bonds is 2. The Morgan fingerprint density at radius 3 is 2.75 bits per heavy atom. The van der Waals surface area contributed by atoms with Crippen molar-refractivity contribution in [2.24, 2.45) is 0 Å². The van der Waals surface area contributed by atoms with Gasteiger partial charge in [-0.25, -0.2) is 4.79 Å². The van der Waals surface area contributed by atoms with Crippen molar-refractivity contribution in [2.45, 2.75) is 75.5 Å². The first-order valence-electron chi connectivity index (χ1n) is 9.97. The molecule has 0 aromatic heterocycles. The predicted molar refractivity (Wildman–Crippen MR) is 107 cm³/mol. The minimum absolute atomic E-state index is 0.0755. The van der Waals surface area contributed by atoms with E-state index in [-0.39, 0.29) is 18.6 Å². The van der Waals surface area contributed by atoms with Gasteiger partial charge in [-0.05, 0) is 38.5 Å². The molecule has 156 valence electrons. The standard InChI is InChI=1S/C22H32O6/c1-16-6-2-8-18-9-4-10-19(27-18)11-5-13-22(26)28-21(20(25)15-23)12-3-7-17(24)14-16/h3-5,7,10,13,17-21,23-25H,1-2,6,8-9,11-12,14-15H2/t17?,18-,19+,20-,21+/m1/s1. The van der Waals surface area contributed by atoms with Crippen LogP contribution < -0.4 is 0 Å². The molecule has 0 spiro atoms. The van der Waals surface area contributed by atoms with Gasteiger partial charge in [-0.3, -0.25) is 0 Å². The molecular formula is C22H32O6. The van der Waals surface area contributed by atoms with Crippen LogP contribution in [0.2, 0.25) is 0 Å². The number of fused-ring (bicyclic) bond motifs is 2. The molecular weight excluding hydrogens is 360 g/mol. The van der Waals surface area contributed by atoms with Crippen molar-refractivity contribution in [3.05, 3.63) is 48.6 Å². The summed E-state index contributed by atoms with van der Waals surface area (Å²) in [6, 6.07) is 0. The molecule has 2 rings (SSSR count). The fourth-order valence-corrected chi connectivity index (χ4v) is 3.35. The molecule has 5 atom stereocenters. The zero-order valence-electron chi connectivity index (χ0n) is 16.3. The monoisotopic (exact) mass is 392 g/mol. The second kappa shape index (κ2) is 12.0. The first-order chi connectivity index (χ1) is 13.5. The quantitative estimate of drug-likeness (QED) is 0.493. The van der Waals surface area contributed by atoms with Gasteiger partial charge in [-0.15, -0.1) is 0 Å². The molecule has 2 aliphatic heterocycles. The van der Waals surface area contributed by atoms with Crippen LogP contribution in [0.4, 0.5) is 0 Å². The summed E-state index contributed by atoms with van der Waals surface area (Å²) in [7, 11) is 0. The van der Waals surface area contributed by atoms with Gasteiger partial charge in [0.2, 0.25) is 0 Å². The predicted octanol–water partition coefficient (Wildman–Crippen LogP) is 2.35. The Morgan fingerprint density at radius 2 is 1.96 bits per heavy atom. The van der Waals surface area contributed by atoms with Gasteiger partial charge in [-0.1, -0.05) is 42.5 Å². The van der Waals surface area contributed by atoms with Crippen molar-refractivity contribution in [1.82, 2.24) is 0 Å². The van der Waals surface area contributed by atoms with Gasteiger partial charge in [0.15, 0.2) is 0 Å². The molecule has 6 nitrogen and oxygen atoms in total. The second-order valence-corrected chi connectivity index (χ2v) is 7.40. The summed E-state index contributed by atoms with van der Waals surface area (Å²) in [6.45, 7) is 3.52. The van der Waals surface area contributed by atoms with Gasteiger partial charge in [0, 0.05) is 12.5 Å². The third kappa shape index (κ3) is 8.10. The van der Waals surface area contributed by atoms with Crippen LogP contribution in [0.15, 0.2) is 48.6 Å². The number of ether oxygens (including phenoxy) is 2. The van der Waals surface area contributed by atoms with E-state index < -0.39 is 30.9 Å². The van der Waals surface area contributed by atoms with Gasteiger partial charge in [-0.2, -0.15) is 0 Å². The third-order valence-corrected chi connectivity index (χ3v) is 4.90. The van der Waals surface area contributed by atoms with Gasteiger partial charge in [0.05, 0.1) is 24.9 Å². The van der Waals surface area contributed by atoms with Crippen molar-refractivity contribution < 1.29 is 29.6 Å². The van der Waals surface area contributed by atoms with Crippen LogP contribution in [-0.2, 0) is 14.3 Å². The largest absolute Gasteiger partial charge is 0.456 e. The van der Waals surface area contributed by atoms with Crippen molar-refractivity contribution in [1.29, 1.82) is 0 Å². The van der Waals surface area contributed by atoms with Crippen LogP contribution in [0, 0.1) is 0 Å². The maximum absolute atomic E-state index is 12.0. The smallest absolute Gasteiger partial charge is 0.330 e. The third-order valence-electron chi connectivity index (χ3n) is 4.90. The number of esters is 1. The molecule has 0 saturated heterocycles. The molecule has 1 unspecified atom stereocenters. The van der Waals surface area contributed by atoms with Crippen LogP contribution in [0.25, 0.3) is 0 Å². The van der Waals surface area contributed by atoms with E-state index >= 15 is 0 Å². The fourth-order valence-electron chi connectivity index (χ4n) is 3.35. The molecule has 0 amide bonds. The Morgan fingerprint density at radius 1 is 1.18 bits per heavy atom. The van der Waals surface area contributed by atoms with E-state index in [1.807, 2.05) is 6.08 Å². The summed E-state index contributed by atoms with van der Waals surface area (Å²) in [4.78, 5) is 12.0. The zero-order chi connectivity index (χ0) is 20.4. The minimum atomic E-state index is -1.19. The molecule has 0 aromatic carbocycles. The molecule has 0 saturated carbocycles. The lowest BCUT2D eigenvalue weighted by Gasteiger charge is -2.25. The van der Waals surface area contributed by atoms with Crippen molar-refractivity contribution in [2.75, 3.05) is 6.61 Å². The molecule has 3 N–H and O–H groups in total. The lowest BCUT2D eigenvalue weighted by atomic mass is 9.99. The lowest BCUT2D eigenvalue weighted by Crippen LogP contribution is -2.33. The highest BCUT2D eigenvalue weighted by atomic mass is 16.6. The maximum Gasteiger partial charge on any atom is 0.330 e. The first-order valence-corrected chi connectivity index (χ1v) is 9.97. The number of aliphatic hydroxyl groups excluding tert-OH is 3. The van der Waals surface area contributed by atoms with E-state index in [1.54, 1.807) is 18.2 Å². The van der Waals surface area contributed by atoms with Gasteiger partial charge >= 0.3 is 5.97 Å². The van der Waals surface area contributed by atoms with Gasteiger partial charge in [0.25, 0.3) is 0 Å². The SMILES string of the molecule is C=C1CCC[C@@H]2CC=C[C@@H](CC=CC(=O)O[C@H]([C@H](O)CO)CC=CC(O)C1)O2. The summed E-state index contributed by atoms with van der Waals surface area (Å²) < 4.78 is 11.3. The molecule has 28 heavy (non-hydrogen) atoms. The molecule has 0 aliphatic carbocycles. The number of cyclic esters (lactones) is 1. The Balaban J connectivity index is 2.07. The van der Waals surface area contributed by atoms with E-state index in [1.165, 1.54) is 6.08 Å². The zero-order valence-corrected chi connectivity index (χ0v) is 16.3. The highest BCUT2D eigenvalue weighted by Gasteiger charge is 2.21. The second-order valence-electron chi connectivity index (χ2n) is 7.40. The lowest BCUT2D eigenvalue weighted by molar-refractivity contribution is -0.150.